The number of Topliss-reactive ketones (excluding diaryl/α,β-unsaturated/α-hetero) is 1. The van der Waals surface area contributed by atoms with E-state index in [-0.39, 0.29) is 5.75 Å². The second kappa shape index (κ2) is 4.37. The molecule has 1 rings (SSSR count). The average molecular weight is 221 g/mol. The van der Waals surface area contributed by atoms with Crippen molar-refractivity contribution in [3.63, 3.8) is 0 Å². The largest absolute Gasteiger partial charge is 0.496 e. The minimum Gasteiger partial charge on any atom is -0.496 e. The number of ketones is 1. The molecule has 0 N–H and O–H groups in total. The van der Waals surface area contributed by atoms with Crippen molar-refractivity contribution >= 4 is 17.4 Å². The van der Waals surface area contributed by atoms with Crippen LogP contribution in [0.3, 0.4) is 0 Å². The van der Waals surface area contributed by atoms with Gasteiger partial charge in [0, 0.05) is 0 Å². The predicted molar refractivity (Wildman–Crippen MR) is 48.0 cm³/mol. The van der Waals surface area contributed by atoms with Crippen molar-refractivity contribution < 1.29 is 18.3 Å². The van der Waals surface area contributed by atoms with E-state index in [1.54, 1.807) is 0 Å². The van der Waals surface area contributed by atoms with E-state index in [0.29, 0.717) is 0 Å². The summed E-state index contributed by atoms with van der Waals surface area (Å²) < 4.78 is 30.6. The fourth-order valence-corrected chi connectivity index (χ4v) is 1.16. The molecule has 1 aromatic rings. The molecule has 0 fully saturated rings. The zero-order valence-corrected chi connectivity index (χ0v) is 8.07. The Labute approximate surface area is 84.4 Å². The number of methoxy groups -OCH3 is 1. The minimum absolute atomic E-state index is 0.0189. The molecule has 0 spiro atoms. The Kier molecular flexibility index (Phi) is 3.41. The van der Waals surface area contributed by atoms with Crippen molar-refractivity contribution in [1.29, 1.82) is 0 Å². The number of alkyl halides is 1. The van der Waals surface area contributed by atoms with Gasteiger partial charge in [0.1, 0.15) is 5.75 Å². The van der Waals surface area contributed by atoms with Gasteiger partial charge >= 0.3 is 0 Å². The van der Waals surface area contributed by atoms with Crippen molar-refractivity contribution in [1.82, 2.24) is 0 Å². The van der Waals surface area contributed by atoms with Gasteiger partial charge in [0.2, 0.25) is 0 Å². The van der Waals surface area contributed by atoms with Crippen LogP contribution >= 0.6 is 11.6 Å². The Hall–Kier alpha value is -1.16. The van der Waals surface area contributed by atoms with Crippen LogP contribution in [0.2, 0.25) is 0 Å². The molecule has 0 aromatic heterocycles. The molecule has 0 unspecified atom stereocenters. The second-order valence-electron chi connectivity index (χ2n) is 2.50. The Balaban J connectivity index is 3.35. The summed E-state index contributed by atoms with van der Waals surface area (Å²) >= 11 is 5.25. The van der Waals surface area contributed by atoms with Crippen LogP contribution in [0.1, 0.15) is 10.4 Å². The van der Waals surface area contributed by atoms with Gasteiger partial charge in [-0.3, -0.25) is 4.79 Å². The van der Waals surface area contributed by atoms with Crippen LogP contribution in [0, 0.1) is 11.6 Å². The molecule has 76 valence electrons. The molecule has 0 saturated heterocycles. The summed E-state index contributed by atoms with van der Waals surface area (Å²) in [4.78, 5) is 11.1. The van der Waals surface area contributed by atoms with Gasteiger partial charge < -0.3 is 4.74 Å². The monoisotopic (exact) mass is 220 g/mol. The number of halogens is 3. The number of hydrogen-bond acceptors (Lipinski definition) is 2. The van der Waals surface area contributed by atoms with Gasteiger partial charge in [-0.25, -0.2) is 8.78 Å². The van der Waals surface area contributed by atoms with E-state index < -0.39 is 28.9 Å². The van der Waals surface area contributed by atoms with Gasteiger partial charge in [0.05, 0.1) is 18.6 Å². The highest BCUT2D eigenvalue weighted by molar-refractivity contribution is 6.30. The molecule has 0 aliphatic carbocycles. The Morgan fingerprint density at radius 3 is 2.64 bits per heavy atom. The lowest BCUT2D eigenvalue weighted by Gasteiger charge is -2.07. The number of carbonyl (C=O) groups is 1. The van der Waals surface area contributed by atoms with Crippen LogP contribution in [-0.2, 0) is 0 Å². The summed E-state index contributed by atoms with van der Waals surface area (Å²) in [5.41, 5.74) is -0.442. The number of benzene rings is 1. The number of hydrogen-bond donors (Lipinski definition) is 0. The first-order valence-corrected chi connectivity index (χ1v) is 4.26. The lowest BCUT2D eigenvalue weighted by atomic mass is 10.1. The SMILES string of the molecule is COc1ccc(F)c(F)c1C(=O)CCl. The third kappa shape index (κ3) is 1.85. The zero-order valence-electron chi connectivity index (χ0n) is 7.31. The highest BCUT2D eigenvalue weighted by Gasteiger charge is 2.19. The summed E-state index contributed by atoms with van der Waals surface area (Å²) in [6.45, 7) is 0. The third-order valence-corrected chi connectivity index (χ3v) is 1.92. The molecule has 1 aromatic carbocycles. The smallest absolute Gasteiger partial charge is 0.184 e. The van der Waals surface area contributed by atoms with Gasteiger partial charge in [0.15, 0.2) is 17.4 Å². The summed E-state index contributed by atoms with van der Waals surface area (Å²) in [7, 11) is 1.26. The zero-order chi connectivity index (χ0) is 10.7. The quantitative estimate of drug-likeness (QED) is 0.578. The van der Waals surface area contributed by atoms with E-state index in [1.807, 2.05) is 0 Å². The predicted octanol–water partition coefficient (Wildman–Crippen LogP) is 2.39. The molecule has 0 aliphatic rings. The molecule has 0 amide bonds. The Morgan fingerprint density at radius 2 is 2.14 bits per heavy atom. The lowest BCUT2D eigenvalue weighted by molar-refractivity contribution is 0.101. The fourth-order valence-electron chi connectivity index (χ4n) is 1.03. The third-order valence-electron chi connectivity index (χ3n) is 1.68. The second-order valence-corrected chi connectivity index (χ2v) is 2.76. The summed E-state index contributed by atoms with van der Waals surface area (Å²) in [6, 6.07) is 2.07. The molecule has 0 aliphatic heterocycles. The first kappa shape index (κ1) is 10.9. The van der Waals surface area contributed by atoms with E-state index >= 15 is 0 Å². The van der Waals surface area contributed by atoms with Crippen molar-refractivity contribution in [3.8, 4) is 5.75 Å². The number of ether oxygens (including phenoxy) is 1. The molecular formula is C9H7ClF2O2. The first-order chi connectivity index (χ1) is 6.61. The van der Waals surface area contributed by atoms with Gasteiger partial charge in [-0.1, -0.05) is 0 Å². The van der Waals surface area contributed by atoms with Gasteiger partial charge in [-0.15, -0.1) is 11.6 Å². The van der Waals surface area contributed by atoms with Crippen LogP contribution in [0.4, 0.5) is 8.78 Å². The lowest BCUT2D eigenvalue weighted by Crippen LogP contribution is -2.08. The average Bonchev–Trinajstić information content (AvgIpc) is 2.20. The molecule has 0 saturated carbocycles. The molecule has 14 heavy (non-hydrogen) atoms. The topological polar surface area (TPSA) is 26.3 Å². The minimum atomic E-state index is -1.23. The molecular weight excluding hydrogens is 214 g/mol. The van der Waals surface area contributed by atoms with Crippen molar-refractivity contribution in [2.45, 2.75) is 0 Å². The van der Waals surface area contributed by atoms with Crippen molar-refractivity contribution in [2.75, 3.05) is 13.0 Å². The van der Waals surface area contributed by atoms with Crippen LogP contribution < -0.4 is 4.74 Å². The van der Waals surface area contributed by atoms with Crippen LogP contribution in [0.15, 0.2) is 12.1 Å². The highest BCUT2D eigenvalue weighted by atomic mass is 35.5. The van der Waals surface area contributed by atoms with Crippen LogP contribution in [0.5, 0.6) is 5.75 Å². The normalized spacial score (nSPS) is 10.0. The maximum Gasteiger partial charge on any atom is 0.184 e. The molecule has 0 heterocycles. The van der Waals surface area contributed by atoms with E-state index in [2.05, 4.69) is 0 Å². The fraction of sp³-hybridized carbons (Fsp3) is 0.222. The van der Waals surface area contributed by atoms with Crippen molar-refractivity contribution in [3.05, 3.63) is 29.3 Å². The summed E-state index contributed by atoms with van der Waals surface area (Å²) in [6.07, 6.45) is 0. The molecule has 2 nitrogen and oxygen atoms in total. The maximum absolute atomic E-state index is 13.2. The summed E-state index contributed by atoms with van der Waals surface area (Å²) in [5, 5.41) is 0. The van der Waals surface area contributed by atoms with Gasteiger partial charge in [-0.05, 0) is 12.1 Å². The summed E-state index contributed by atoms with van der Waals surface area (Å²) in [5.74, 6) is -3.47. The van der Waals surface area contributed by atoms with E-state index in [4.69, 9.17) is 16.3 Å². The van der Waals surface area contributed by atoms with Crippen molar-refractivity contribution in [2.24, 2.45) is 0 Å². The Morgan fingerprint density at radius 1 is 1.50 bits per heavy atom. The molecule has 0 atom stereocenters. The van der Waals surface area contributed by atoms with E-state index in [1.165, 1.54) is 13.2 Å². The molecule has 5 heteroatoms. The molecule has 0 radical (unpaired) electrons. The highest BCUT2D eigenvalue weighted by Crippen LogP contribution is 2.24. The van der Waals surface area contributed by atoms with Gasteiger partial charge in [-0.2, -0.15) is 0 Å². The molecule has 0 bridgehead atoms. The Bertz CT molecular complexity index is 366. The number of carbonyl (C=O) groups excluding carboxylic acids is 1. The van der Waals surface area contributed by atoms with Crippen LogP contribution in [0.25, 0.3) is 0 Å². The van der Waals surface area contributed by atoms with E-state index in [9.17, 15) is 13.6 Å². The maximum atomic E-state index is 13.2. The number of rotatable bonds is 3. The standard InChI is InChI=1S/C9H7ClF2O2/c1-14-7-3-2-5(11)9(12)8(7)6(13)4-10/h2-3H,4H2,1H3. The van der Waals surface area contributed by atoms with E-state index in [0.717, 1.165) is 6.07 Å². The van der Waals surface area contributed by atoms with Gasteiger partial charge in [0.25, 0.3) is 0 Å². The van der Waals surface area contributed by atoms with Crippen LogP contribution in [-0.4, -0.2) is 18.8 Å². The first-order valence-electron chi connectivity index (χ1n) is 3.73.